The Morgan fingerprint density at radius 2 is 1.92 bits per heavy atom. The quantitative estimate of drug-likeness (QED) is 0.631. The molecule has 5 heteroatoms. The molecule has 1 aromatic heterocycles. The highest BCUT2D eigenvalue weighted by Crippen LogP contribution is 2.21. The van der Waals surface area contributed by atoms with Crippen LogP contribution in [0.25, 0.3) is 0 Å². The Balaban J connectivity index is 2.16. The van der Waals surface area contributed by atoms with Crippen molar-refractivity contribution in [3.05, 3.63) is 58.9 Å². The van der Waals surface area contributed by atoms with Gasteiger partial charge in [0.05, 0.1) is 6.54 Å². The smallest absolute Gasteiger partial charge is 0.228 e. The van der Waals surface area contributed by atoms with Crippen molar-refractivity contribution in [3.8, 4) is 0 Å². The molecule has 0 fully saturated rings. The van der Waals surface area contributed by atoms with E-state index in [0.717, 1.165) is 22.7 Å². The maximum absolute atomic E-state index is 12.9. The Morgan fingerprint density at radius 3 is 2.58 bits per heavy atom. The van der Waals surface area contributed by atoms with Crippen molar-refractivity contribution in [2.24, 2.45) is 5.41 Å². The number of hydrogen-bond donors (Lipinski definition) is 0. The van der Waals surface area contributed by atoms with Crippen molar-refractivity contribution in [2.75, 3.05) is 20.3 Å². The van der Waals surface area contributed by atoms with Crippen molar-refractivity contribution >= 4 is 17.5 Å². The third kappa shape index (κ3) is 5.61. The molecule has 26 heavy (non-hydrogen) atoms. The third-order valence-electron chi connectivity index (χ3n) is 4.28. The molecule has 0 spiro atoms. The summed E-state index contributed by atoms with van der Waals surface area (Å²) in [7, 11) is 1.69. The molecule has 0 unspecified atom stereocenters. The lowest BCUT2D eigenvalue weighted by molar-refractivity contribution is -0.140. The topological polar surface area (TPSA) is 34.5 Å². The molecule has 0 atom stereocenters. The fourth-order valence-corrected chi connectivity index (χ4v) is 3.07. The first-order chi connectivity index (χ1) is 12.3. The Hall–Kier alpha value is -1.78. The normalized spacial score (nSPS) is 11.6. The largest absolute Gasteiger partial charge is 0.385 e. The van der Waals surface area contributed by atoms with Crippen molar-refractivity contribution in [2.45, 2.75) is 40.3 Å². The minimum Gasteiger partial charge on any atom is -0.385 e. The van der Waals surface area contributed by atoms with Crippen LogP contribution in [0.15, 0.2) is 42.6 Å². The van der Waals surface area contributed by atoms with Crippen LogP contribution in [0, 0.1) is 5.41 Å². The summed E-state index contributed by atoms with van der Waals surface area (Å²) >= 11 is 6.30. The fourth-order valence-electron chi connectivity index (χ4n) is 2.88. The van der Waals surface area contributed by atoms with Gasteiger partial charge in [0.25, 0.3) is 0 Å². The van der Waals surface area contributed by atoms with Crippen LogP contribution in [0.3, 0.4) is 0 Å². The number of halogens is 1. The van der Waals surface area contributed by atoms with E-state index in [9.17, 15) is 4.79 Å². The lowest BCUT2D eigenvalue weighted by Crippen LogP contribution is -2.40. The second-order valence-electron chi connectivity index (χ2n) is 7.54. The van der Waals surface area contributed by atoms with Crippen molar-refractivity contribution in [3.63, 3.8) is 0 Å². The second-order valence-corrected chi connectivity index (χ2v) is 7.95. The molecule has 1 amide bonds. The van der Waals surface area contributed by atoms with E-state index in [0.29, 0.717) is 26.2 Å². The first kappa shape index (κ1) is 20.5. The van der Waals surface area contributed by atoms with Crippen LogP contribution in [-0.2, 0) is 22.6 Å². The van der Waals surface area contributed by atoms with Gasteiger partial charge in [-0.3, -0.25) is 4.79 Å². The molecule has 1 aromatic carbocycles. The summed E-state index contributed by atoms with van der Waals surface area (Å²) in [6.45, 7) is 8.48. The number of benzene rings is 1. The number of methoxy groups -OCH3 is 1. The molecule has 1 heterocycles. The predicted octanol–water partition coefficient (Wildman–Crippen LogP) is 4.60. The van der Waals surface area contributed by atoms with Crippen molar-refractivity contribution < 1.29 is 9.53 Å². The zero-order valence-electron chi connectivity index (χ0n) is 16.2. The molecule has 0 saturated heterocycles. The number of nitrogens with zero attached hydrogens (tertiary/aromatic N) is 2. The second kappa shape index (κ2) is 9.24. The van der Waals surface area contributed by atoms with Gasteiger partial charge in [-0.1, -0.05) is 50.6 Å². The number of ether oxygens (including phenoxy) is 1. The van der Waals surface area contributed by atoms with Gasteiger partial charge in [0.15, 0.2) is 0 Å². The summed E-state index contributed by atoms with van der Waals surface area (Å²) in [5.74, 6) is 0.152. The number of carbonyl (C=O) groups is 1. The van der Waals surface area contributed by atoms with Gasteiger partial charge >= 0.3 is 0 Å². The molecule has 0 aliphatic heterocycles. The average Bonchev–Trinajstić information content (AvgIpc) is 3.01. The van der Waals surface area contributed by atoms with Gasteiger partial charge in [-0.25, -0.2) is 0 Å². The molecule has 4 nitrogen and oxygen atoms in total. The van der Waals surface area contributed by atoms with Crippen molar-refractivity contribution in [1.82, 2.24) is 9.47 Å². The van der Waals surface area contributed by atoms with Crippen molar-refractivity contribution in [1.29, 1.82) is 0 Å². The molecule has 0 saturated carbocycles. The standard InChI is InChI=1S/C21H29ClN2O2/c1-21(2,3)20(25)24(13-8-14-26-4)16-18-10-7-12-23(18)15-17-9-5-6-11-19(17)22/h5-7,9-12H,8,13-16H2,1-4H3. The minimum absolute atomic E-state index is 0.152. The number of amides is 1. The number of hydrogen-bond acceptors (Lipinski definition) is 2. The zero-order valence-corrected chi connectivity index (χ0v) is 16.9. The summed E-state index contributed by atoms with van der Waals surface area (Å²) in [6, 6.07) is 11.9. The zero-order chi connectivity index (χ0) is 19.2. The molecule has 0 N–H and O–H groups in total. The molecular weight excluding hydrogens is 348 g/mol. The summed E-state index contributed by atoms with van der Waals surface area (Å²) in [5.41, 5.74) is 1.76. The Morgan fingerprint density at radius 1 is 1.19 bits per heavy atom. The molecule has 142 valence electrons. The monoisotopic (exact) mass is 376 g/mol. The third-order valence-corrected chi connectivity index (χ3v) is 4.65. The minimum atomic E-state index is -0.409. The van der Waals surface area contributed by atoms with E-state index in [4.69, 9.17) is 16.3 Å². The molecule has 0 aliphatic carbocycles. The van der Waals surface area contributed by atoms with E-state index in [1.54, 1.807) is 7.11 Å². The van der Waals surface area contributed by atoms with E-state index >= 15 is 0 Å². The van der Waals surface area contributed by atoms with Gasteiger partial charge < -0.3 is 14.2 Å². The van der Waals surface area contributed by atoms with Crippen LogP contribution in [0.1, 0.15) is 38.4 Å². The summed E-state index contributed by atoms with van der Waals surface area (Å²) < 4.78 is 7.30. The number of aromatic nitrogens is 1. The SMILES string of the molecule is COCCCN(Cc1cccn1Cc1ccccc1Cl)C(=O)C(C)(C)C. The lowest BCUT2D eigenvalue weighted by atomic mass is 9.94. The average molecular weight is 377 g/mol. The lowest BCUT2D eigenvalue weighted by Gasteiger charge is -2.30. The van der Waals surface area contributed by atoms with Gasteiger partial charge in [-0.05, 0) is 30.2 Å². The van der Waals surface area contributed by atoms with E-state index in [2.05, 4.69) is 10.6 Å². The Bertz CT molecular complexity index is 719. The van der Waals surface area contributed by atoms with Gasteiger partial charge in [0.2, 0.25) is 5.91 Å². The van der Waals surface area contributed by atoms with Gasteiger partial charge in [0.1, 0.15) is 0 Å². The van der Waals surface area contributed by atoms with Crippen LogP contribution in [0.5, 0.6) is 0 Å². The highest BCUT2D eigenvalue weighted by molar-refractivity contribution is 6.31. The van der Waals surface area contributed by atoms with E-state index in [1.807, 2.05) is 62.2 Å². The molecule has 0 radical (unpaired) electrons. The van der Waals surface area contributed by atoms with Crippen LogP contribution in [0.4, 0.5) is 0 Å². The highest BCUT2D eigenvalue weighted by Gasteiger charge is 2.27. The summed E-state index contributed by atoms with van der Waals surface area (Å²) in [6.07, 6.45) is 2.86. The molecule has 2 aromatic rings. The van der Waals surface area contributed by atoms with Gasteiger partial charge in [-0.2, -0.15) is 0 Å². The van der Waals surface area contributed by atoms with E-state index < -0.39 is 5.41 Å². The van der Waals surface area contributed by atoms with Crippen LogP contribution < -0.4 is 0 Å². The Labute approximate surface area is 161 Å². The van der Waals surface area contributed by atoms with Crippen LogP contribution in [0.2, 0.25) is 5.02 Å². The van der Waals surface area contributed by atoms with Crippen LogP contribution in [-0.4, -0.2) is 35.6 Å². The van der Waals surface area contributed by atoms with E-state index in [1.165, 1.54) is 0 Å². The summed E-state index contributed by atoms with van der Waals surface area (Å²) in [5, 5.41) is 0.759. The predicted molar refractivity (Wildman–Crippen MR) is 106 cm³/mol. The first-order valence-corrected chi connectivity index (χ1v) is 9.36. The first-order valence-electron chi connectivity index (χ1n) is 8.98. The molecule has 2 rings (SSSR count). The highest BCUT2D eigenvalue weighted by atomic mass is 35.5. The molecule has 0 bridgehead atoms. The van der Waals surface area contributed by atoms with Gasteiger partial charge in [0, 0.05) is 49.1 Å². The number of carbonyl (C=O) groups excluding carboxylic acids is 1. The number of rotatable bonds is 8. The Kier molecular flexibility index (Phi) is 7.30. The maximum atomic E-state index is 12.9. The van der Waals surface area contributed by atoms with Crippen LogP contribution >= 0.6 is 11.6 Å². The molecule has 0 aliphatic rings. The maximum Gasteiger partial charge on any atom is 0.228 e. The van der Waals surface area contributed by atoms with E-state index in [-0.39, 0.29) is 5.91 Å². The van der Waals surface area contributed by atoms with Gasteiger partial charge in [-0.15, -0.1) is 0 Å². The molecular formula is C21H29ClN2O2. The fraction of sp³-hybridized carbons (Fsp3) is 0.476. The summed E-state index contributed by atoms with van der Waals surface area (Å²) in [4.78, 5) is 14.8.